The lowest BCUT2D eigenvalue weighted by atomic mass is 9.65. The molecule has 1 fully saturated rings. The van der Waals surface area contributed by atoms with Gasteiger partial charge in [-0.05, 0) is 110 Å². The fraction of sp³-hybridized carbons (Fsp3) is 0.444. The second-order valence-corrected chi connectivity index (χ2v) is 15.7. The van der Waals surface area contributed by atoms with Crippen LogP contribution < -0.4 is 14.4 Å². The normalized spacial score (nSPS) is 27.0. The minimum absolute atomic E-state index is 0.000199. The van der Waals surface area contributed by atoms with Crippen molar-refractivity contribution in [1.82, 2.24) is 14.7 Å². The number of allylic oxidation sites excluding steroid dienone is 1. The van der Waals surface area contributed by atoms with Gasteiger partial charge in [0.25, 0.3) is 11.8 Å². The maximum atomic E-state index is 14.6. The highest BCUT2D eigenvalue weighted by Crippen LogP contribution is 2.46. The number of amides is 2. The zero-order chi connectivity index (χ0) is 33.4. The molecule has 2 aromatic carbocycles. The Kier molecular flexibility index (Phi) is 9.28. The lowest BCUT2D eigenvalue weighted by Crippen LogP contribution is -2.47. The lowest BCUT2D eigenvalue weighted by Gasteiger charge is -2.47. The molecule has 48 heavy (non-hydrogen) atoms. The molecule has 2 aliphatic carbocycles. The Morgan fingerprint density at radius 2 is 1.94 bits per heavy atom. The van der Waals surface area contributed by atoms with Crippen molar-refractivity contribution in [2.45, 2.75) is 58.1 Å². The van der Waals surface area contributed by atoms with Gasteiger partial charge in [0.15, 0.2) is 0 Å². The number of carbonyl (C=O) groups is 2. The molecule has 0 saturated heterocycles. The average Bonchev–Trinajstić information content (AvgIpc) is 3.07. The molecular formula is C36H40ClN5O5S. The van der Waals surface area contributed by atoms with Crippen molar-refractivity contribution in [3.8, 4) is 5.75 Å². The van der Waals surface area contributed by atoms with Crippen LogP contribution in [0.15, 0.2) is 64.8 Å². The number of carbonyl (C=O) groups excluding carboxylic acids is 2. The Labute approximate surface area is 286 Å². The molecule has 2 bridgehead atoms. The van der Waals surface area contributed by atoms with Gasteiger partial charge in [-0.1, -0.05) is 23.7 Å². The Morgan fingerprint density at radius 3 is 2.67 bits per heavy atom. The van der Waals surface area contributed by atoms with E-state index in [1.54, 1.807) is 26.2 Å². The number of hydrogen-bond donors (Lipinski definition) is 1. The Morgan fingerprint density at radius 1 is 1.10 bits per heavy atom. The molecule has 2 aliphatic heterocycles. The number of rotatable bonds is 3. The summed E-state index contributed by atoms with van der Waals surface area (Å²) in [6, 6.07) is 11.4. The van der Waals surface area contributed by atoms with Crippen LogP contribution in [0.4, 0.5) is 5.69 Å². The standard InChI is InChI=1S/C36H40ClN5O5S/c1-22-38-17-28(18-39-22)36(44)41-48(45)21-27-8-12-31(27)34(46-2)30-11-7-26(30)20-42-19-25-6-10-29(37)15-23(25)5-3-4-14-47-33-13-9-24(16-32(33)42)35(43)40-48/h6,9-10,12-13,15-18,26-27,30,34H,3-5,7-8,11,14,19-21H2,1-2H3,(H,40,41,43,44,45)/t26-,27+,30+,34+,48?/m0/s1. The Hall–Kier alpha value is -3.80. The zero-order valence-electron chi connectivity index (χ0n) is 27.2. The fourth-order valence-electron chi connectivity index (χ4n) is 7.32. The second-order valence-electron chi connectivity index (χ2n) is 13.2. The summed E-state index contributed by atoms with van der Waals surface area (Å²) in [5.41, 5.74) is 4.65. The number of halogens is 1. The maximum Gasteiger partial charge on any atom is 0.286 e. The molecule has 2 amide bonds. The molecule has 1 N–H and O–H groups in total. The first-order chi connectivity index (χ1) is 23.2. The highest BCUT2D eigenvalue weighted by Gasteiger charge is 2.44. The third-order valence-corrected chi connectivity index (χ3v) is 12.2. The molecule has 3 heterocycles. The van der Waals surface area contributed by atoms with Gasteiger partial charge in [0.05, 0.1) is 29.7 Å². The maximum absolute atomic E-state index is 14.6. The van der Waals surface area contributed by atoms with Gasteiger partial charge >= 0.3 is 0 Å². The Bertz CT molecular complexity index is 1890. The first kappa shape index (κ1) is 32.7. The summed E-state index contributed by atoms with van der Waals surface area (Å²) in [5.74, 6) is 0.300. The smallest absolute Gasteiger partial charge is 0.286 e. The molecule has 0 spiro atoms. The number of methoxy groups -OCH3 is 1. The third kappa shape index (κ3) is 6.73. The largest absolute Gasteiger partial charge is 0.491 e. The zero-order valence-corrected chi connectivity index (χ0v) is 28.8. The first-order valence-corrected chi connectivity index (χ1v) is 18.7. The number of aryl methyl sites for hydroxylation is 2. The van der Waals surface area contributed by atoms with Crippen molar-refractivity contribution in [1.29, 1.82) is 0 Å². The first-order valence-electron chi connectivity index (χ1n) is 16.6. The molecule has 12 heteroatoms. The molecule has 5 atom stereocenters. The van der Waals surface area contributed by atoms with Crippen molar-refractivity contribution in [2.24, 2.45) is 22.1 Å². The fourth-order valence-corrected chi connectivity index (χ4v) is 9.38. The molecular weight excluding hydrogens is 650 g/mol. The van der Waals surface area contributed by atoms with Crippen LogP contribution in [0.2, 0.25) is 5.02 Å². The van der Waals surface area contributed by atoms with Crippen molar-refractivity contribution < 1.29 is 23.3 Å². The van der Waals surface area contributed by atoms with Gasteiger partial charge in [-0.15, -0.1) is 4.36 Å². The highest BCUT2D eigenvalue weighted by molar-refractivity contribution is 7.92. The van der Waals surface area contributed by atoms with Crippen LogP contribution in [0.3, 0.4) is 0 Å². The molecule has 1 aromatic heterocycles. The number of fused-ring (bicyclic) bond motifs is 4. The van der Waals surface area contributed by atoms with Crippen molar-refractivity contribution in [2.75, 3.05) is 30.9 Å². The number of nitrogens with one attached hydrogen (secondary N) is 1. The topological polar surface area (TPSA) is 123 Å². The Balaban J connectivity index is 1.34. The van der Waals surface area contributed by atoms with Crippen LogP contribution >= 0.6 is 11.6 Å². The molecule has 4 aliphatic rings. The van der Waals surface area contributed by atoms with Crippen LogP contribution in [0.5, 0.6) is 5.75 Å². The molecule has 1 saturated carbocycles. The average molecular weight is 690 g/mol. The van der Waals surface area contributed by atoms with E-state index in [0.717, 1.165) is 49.9 Å². The number of anilines is 1. The van der Waals surface area contributed by atoms with Crippen LogP contribution in [-0.2, 0) is 27.6 Å². The van der Waals surface area contributed by atoms with E-state index in [9.17, 15) is 13.8 Å². The summed E-state index contributed by atoms with van der Waals surface area (Å²) < 4.78 is 34.0. The highest BCUT2D eigenvalue weighted by atomic mass is 35.5. The SMILES string of the molecule is CO[C@H]1C2=CC[C@@H]2CS(=O)(NC(=O)c2cnc(C)nc2)=NC(=O)c2ccc3c(c2)N(Cc2ccc(Cl)cc2CCCCO3)C[C@@H]2CC[C@H]21. The van der Waals surface area contributed by atoms with Gasteiger partial charge < -0.3 is 14.4 Å². The van der Waals surface area contributed by atoms with E-state index in [2.05, 4.69) is 42.2 Å². The summed E-state index contributed by atoms with van der Waals surface area (Å²) in [7, 11) is -1.84. The molecule has 10 nitrogen and oxygen atoms in total. The molecule has 7 rings (SSSR count). The summed E-state index contributed by atoms with van der Waals surface area (Å²) in [6.45, 7) is 3.60. The van der Waals surface area contributed by atoms with E-state index >= 15 is 0 Å². The van der Waals surface area contributed by atoms with Crippen LogP contribution in [0.25, 0.3) is 0 Å². The summed E-state index contributed by atoms with van der Waals surface area (Å²) >= 11 is 6.45. The minimum Gasteiger partial charge on any atom is -0.491 e. The number of nitrogens with zero attached hydrogens (tertiary/aromatic N) is 4. The number of aromatic nitrogens is 2. The van der Waals surface area contributed by atoms with Gasteiger partial charge in [-0.2, -0.15) is 0 Å². The van der Waals surface area contributed by atoms with Crippen LogP contribution in [-0.4, -0.2) is 58.1 Å². The molecule has 252 valence electrons. The quantitative estimate of drug-likeness (QED) is 0.327. The van der Waals surface area contributed by atoms with Gasteiger partial charge in [0.2, 0.25) is 0 Å². The second kappa shape index (κ2) is 13.6. The van der Waals surface area contributed by atoms with E-state index in [1.165, 1.54) is 23.5 Å². The molecule has 1 unspecified atom stereocenters. The van der Waals surface area contributed by atoms with Gasteiger partial charge in [0.1, 0.15) is 21.5 Å². The summed E-state index contributed by atoms with van der Waals surface area (Å²) in [4.78, 5) is 37.8. The predicted molar refractivity (Wildman–Crippen MR) is 185 cm³/mol. The molecule has 3 aromatic rings. The van der Waals surface area contributed by atoms with Gasteiger partial charge in [-0.3, -0.25) is 14.3 Å². The monoisotopic (exact) mass is 689 g/mol. The number of hydrogen-bond acceptors (Lipinski definition) is 8. The van der Waals surface area contributed by atoms with Crippen molar-refractivity contribution >= 4 is 39.0 Å². The van der Waals surface area contributed by atoms with Crippen LogP contribution in [0.1, 0.15) is 69.8 Å². The van der Waals surface area contributed by atoms with Crippen LogP contribution in [0, 0.1) is 24.7 Å². The van der Waals surface area contributed by atoms with Crippen molar-refractivity contribution in [3.63, 3.8) is 0 Å². The number of ether oxygens (including phenoxy) is 2. The summed E-state index contributed by atoms with van der Waals surface area (Å²) in [5, 5.41) is 0.715. The van der Waals surface area contributed by atoms with E-state index in [4.69, 9.17) is 21.1 Å². The third-order valence-electron chi connectivity index (χ3n) is 10.1. The van der Waals surface area contributed by atoms with E-state index in [0.29, 0.717) is 42.1 Å². The predicted octanol–water partition coefficient (Wildman–Crippen LogP) is 6.11. The van der Waals surface area contributed by atoms with Gasteiger partial charge in [0, 0.05) is 43.2 Å². The summed E-state index contributed by atoms with van der Waals surface area (Å²) in [6.07, 6.45) is 10.2. The van der Waals surface area contributed by atoms with Crippen molar-refractivity contribution in [3.05, 3.63) is 93.5 Å². The van der Waals surface area contributed by atoms with E-state index < -0.39 is 21.7 Å². The van der Waals surface area contributed by atoms with E-state index in [-0.39, 0.29) is 34.8 Å². The molecule has 0 radical (unpaired) electrons. The number of benzene rings is 2. The van der Waals surface area contributed by atoms with E-state index in [1.807, 2.05) is 12.1 Å². The lowest BCUT2D eigenvalue weighted by molar-refractivity contribution is -0.00132. The minimum atomic E-state index is -3.57. The van der Waals surface area contributed by atoms with Gasteiger partial charge in [-0.25, -0.2) is 14.2 Å².